The minimum absolute atomic E-state index is 0.00253. The van der Waals surface area contributed by atoms with E-state index < -0.39 is 52.7 Å². The fourth-order valence-corrected chi connectivity index (χ4v) is 2.72. The minimum atomic E-state index is -5.08. The van der Waals surface area contributed by atoms with Gasteiger partial charge in [0.05, 0.1) is 18.0 Å². The van der Waals surface area contributed by atoms with Crippen LogP contribution in [0.5, 0.6) is 0 Å². The average Bonchev–Trinajstić information content (AvgIpc) is 3.11. The first-order chi connectivity index (χ1) is 13.1. The maximum Gasteiger partial charge on any atom is 0.434 e. The monoisotopic (exact) mass is 445 g/mol. The van der Waals surface area contributed by atoms with E-state index in [2.05, 4.69) is 10.1 Å². The zero-order valence-electron chi connectivity index (χ0n) is 14.6. The number of aryl methyl sites for hydroxylation is 1. The molecule has 0 aliphatic carbocycles. The van der Waals surface area contributed by atoms with E-state index in [1.165, 1.54) is 7.05 Å². The first kappa shape index (κ1) is 21.1. The summed E-state index contributed by atoms with van der Waals surface area (Å²) in [5.41, 5.74) is -4.26. The molecule has 0 N–H and O–H groups in total. The van der Waals surface area contributed by atoms with Gasteiger partial charge in [0.25, 0.3) is 5.56 Å². The molecule has 14 heteroatoms. The van der Waals surface area contributed by atoms with Gasteiger partial charge < -0.3 is 4.57 Å². The maximum absolute atomic E-state index is 13.5. The summed E-state index contributed by atoms with van der Waals surface area (Å²) in [5.74, 6) is -9.31. The SMILES string of the molecule is Cn1c(Cl)cn2c(=O)c(-c3cnn(CC(F)(F)C(C)(F)F)c3)c(C(F)(F)F)nc12. The van der Waals surface area contributed by atoms with Gasteiger partial charge in [-0.05, 0) is 0 Å². The van der Waals surface area contributed by atoms with Crippen LogP contribution in [0.1, 0.15) is 12.6 Å². The zero-order valence-corrected chi connectivity index (χ0v) is 15.4. The van der Waals surface area contributed by atoms with Crippen LogP contribution in [0.4, 0.5) is 30.7 Å². The second kappa shape index (κ2) is 6.47. The second-order valence-corrected chi connectivity index (χ2v) is 6.73. The first-order valence-corrected chi connectivity index (χ1v) is 8.14. The van der Waals surface area contributed by atoms with Gasteiger partial charge in [-0.25, -0.2) is 18.2 Å². The van der Waals surface area contributed by atoms with E-state index in [1.54, 1.807) is 0 Å². The Balaban J connectivity index is 2.19. The molecule has 158 valence electrons. The predicted octanol–water partition coefficient (Wildman–Crippen LogP) is 3.86. The fraction of sp³-hybridized carbons (Fsp3) is 0.400. The van der Waals surface area contributed by atoms with Crippen molar-refractivity contribution in [3.8, 4) is 11.1 Å². The summed E-state index contributed by atoms with van der Waals surface area (Å²) >= 11 is 5.82. The van der Waals surface area contributed by atoms with Crippen molar-refractivity contribution in [3.63, 3.8) is 0 Å². The smallest absolute Gasteiger partial charge is 0.304 e. The Bertz CT molecular complexity index is 1140. The highest BCUT2D eigenvalue weighted by molar-refractivity contribution is 6.29. The van der Waals surface area contributed by atoms with Crippen molar-refractivity contribution in [1.29, 1.82) is 0 Å². The van der Waals surface area contributed by atoms with Gasteiger partial charge in [0.2, 0.25) is 5.78 Å². The number of rotatable bonds is 4. The second-order valence-electron chi connectivity index (χ2n) is 6.34. The van der Waals surface area contributed by atoms with Crippen molar-refractivity contribution in [1.82, 2.24) is 23.7 Å². The molecule has 3 heterocycles. The highest BCUT2D eigenvalue weighted by atomic mass is 35.5. The van der Waals surface area contributed by atoms with Crippen molar-refractivity contribution in [3.05, 3.63) is 39.8 Å². The largest absolute Gasteiger partial charge is 0.434 e. The quantitative estimate of drug-likeness (QED) is 0.573. The highest BCUT2D eigenvalue weighted by Gasteiger charge is 2.52. The Kier molecular flexibility index (Phi) is 4.72. The molecule has 0 spiro atoms. The van der Waals surface area contributed by atoms with E-state index in [0.717, 1.165) is 15.2 Å². The fourth-order valence-electron chi connectivity index (χ4n) is 2.55. The third-order valence-corrected chi connectivity index (χ3v) is 4.50. The molecule has 0 saturated heterocycles. The van der Waals surface area contributed by atoms with E-state index in [-0.39, 0.29) is 12.1 Å². The topological polar surface area (TPSA) is 57.1 Å². The number of halogens is 8. The normalized spacial score (nSPS) is 13.4. The summed E-state index contributed by atoms with van der Waals surface area (Å²) in [4.78, 5) is 16.1. The molecule has 3 aromatic rings. The van der Waals surface area contributed by atoms with Crippen LogP contribution in [0.3, 0.4) is 0 Å². The number of imidazole rings is 1. The number of alkyl halides is 7. The molecule has 6 nitrogen and oxygen atoms in total. The molecule has 0 aliphatic heterocycles. The summed E-state index contributed by atoms with van der Waals surface area (Å²) in [6.07, 6.45) is -2.71. The minimum Gasteiger partial charge on any atom is -0.304 e. The summed E-state index contributed by atoms with van der Waals surface area (Å²) < 4.78 is 95.7. The Labute approximate surface area is 162 Å². The molecule has 0 bridgehead atoms. The molecular formula is C15H11ClF7N5O. The lowest BCUT2D eigenvalue weighted by molar-refractivity contribution is -0.205. The van der Waals surface area contributed by atoms with Gasteiger partial charge in [-0.2, -0.15) is 27.1 Å². The van der Waals surface area contributed by atoms with Crippen molar-refractivity contribution in [2.45, 2.75) is 31.5 Å². The Morgan fingerprint density at radius 3 is 2.28 bits per heavy atom. The van der Waals surface area contributed by atoms with Crippen LogP contribution < -0.4 is 5.56 Å². The molecule has 0 atom stereocenters. The van der Waals surface area contributed by atoms with Crippen molar-refractivity contribution in [2.75, 3.05) is 0 Å². The van der Waals surface area contributed by atoms with E-state index >= 15 is 0 Å². The summed E-state index contributed by atoms with van der Waals surface area (Å²) in [6, 6.07) is 0. The van der Waals surface area contributed by atoms with Crippen LogP contribution in [0, 0.1) is 0 Å². The van der Waals surface area contributed by atoms with Crippen LogP contribution in [0.15, 0.2) is 23.4 Å². The Hall–Kier alpha value is -2.57. The summed E-state index contributed by atoms with van der Waals surface area (Å²) in [7, 11) is 1.29. The molecule has 0 aromatic carbocycles. The van der Waals surface area contributed by atoms with Gasteiger partial charge in [0.1, 0.15) is 11.7 Å². The Morgan fingerprint density at radius 2 is 1.72 bits per heavy atom. The molecule has 0 fully saturated rings. The van der Waals surface area contributed by atoms with Gasteiger partial charge >= 0.3 is 18.0 Å². The molecule has 0 saturated carbocycles. The van der Waals surface area contributed by atoms with Gasteiger partial charge in [-0.3, -0.25) is 9.48 Å². The third-order valence-electron chi connectivity index (χ3n) is 4.15. The van der Waals surface area contributed by atoms with Gasteiger partial charge in [-0.15, -0.1) is 0 Å². The summed E-state index contributed by atoms with van der Waals surface area (Å²) in [5, 5.41) is 3.30. The number of hydrogen-bond donors (Lipinski definition) is 0. The van der Waals surface area contributed by atoms with Gasteiger partial charge in [0, 0.05) is 25.7 Å². The third kappa shape index (κ3) is 3.58. The maximum atomic E-state index is 13.5. The van der Waals surface area contributed by atoms with Crippen molar-refractivity contribution < 1.29 is 30.7 Å². The predicted molar refractivity (Wildman–Crippen MR) is 87.2 cm³/mol. The summed E-state index contributed by atoms with van der Waals surface area (Å²) in [6.45, 7) is -1.60. The van der Waals surface area contributed by atoms with E-state index in [1.807, 2.05) is 0 Å². The first-order valence-electron chi connectivity index (χ1n) is 7.77. The molecular weight excluding hydrogens is 435 g/mol. The van der Waals surface area contributed by atoms with Crippen LogP contribution >= 0.6 is 11.6 Å². The lowest BCUT2D eigenvalue weighted by atomic mass is 10.1. The highest BCUT2D eigenvalue weighted by Crippen LogP contribution is 2.36. The molecule has 0 amide bonds. The van der Waals surface area contributed by atoms with E-state index in [9.17, 15) is 35.5 Å². The number of aromatic nitrogens is 5. The molecule has 3 aromatic heterocycles. The molecule has 3 rings (SSSR count). The van der Waals surface area contributed by atoms with Crippen LogP contribution in [-0.4, -0.2) is 35.6 Å². The average molecular weight is 446 g/mol. The zero-order chi connectivity index (χ0) is 21.9. The number of nitrogens with zero attached hydrogens (tertiary/aromatic N) is 5. The standard InChI is InChI=1S/C15H11ClF7N5O/c1-13(17,18)14(19,20)6-27-4-7(3-24-27)9-10(15(21,22)23)25-12-26(2)8(16)5-28(12)11(9)29/h3-5H,6H2,1-2H3. The van der Waals surface area contributed by atoms with Crippen molar-refractivity contribution in [2.24, 2.45) is 7.05 Å². The van der Waals surface area contributed by atoms with Crippen molar-refractivity contribution >= 4 is 17.4 Å². The number of hydrogen-bond acceptors (Lipinski definition) is 3. The molecule has 29 heavy (non-hydrogen) atoms. The molecule has 0 aliphatic rings. The van der Waals surface area contributed by atoms with E-state index in [0.29, 0.717) is 17.1 Å². The number of fused-ring (bicyclic) bond motifs is 1. The molecule has 0 radical (unpaired) electrons. The van der Waals surface area contributed by atoms with Gasteiger partial charge in [-0.1, -0.05) is 11.6 Å². The van der Waals surface area contributed by atoms with Crippen LogP contribution in [0.2, 0.25) is 5.15 Å². The van der Waals surface area contributed by atoms with E-state index in [4.69, 9.17) is 11.6 Å². The Morgan fingerprint density at radius 1 is 1.10 bits per heavy atom. The van der Waals surface area contributed by atoms with Crippen LogP contribution in [0.25, 0.3) is 16.9 Å². The lowest BCUT2D eigenvalue weighted by Crippen LogP contribution is -2.41. The van der Waals surface area contributed by atoms with Crippen LogP contribution in [-0.2, 0) is 19.8 Å². The van der Waals surface area contributed by atoms with Gasteiger partial charge in [0.15, 0.2) is 5.69 Å². The molecule has 0 unspecified atom stereocenters. The lowest BCUT2D eigenvalue weighted by Gasteiger charge is -2.22.